The number of anilines is 5. The first-order valence-corrected chi connectivity index (χ1v) is 21.8. The molecule has 0 radical (unpaired) electrons. The van der Waals surface area contributed by atoms with Crippen LogP contribution in [0.4, 0.5) is 28.4 Å². The summed E-state index contributed by atoms with van der Waals surface area (Å²) in [5, 5.41) is 0. The van der Waals surface area contributed by atoms with E-state index in [0.717, 1.165) is 0 Å². The third kappa shape index (κ3) is 5.81. The summed E-state index contributed by atoms with van der Waals surface area (Å²) in [6.07, 6.45) is 20.8. The number of benzene rings is 4. The fourth-order valence-electron chi connectivity index (χ4n) is 10.9. The van der Waals surface area contributed by atoms with Crippen molar-refractivity contribution in [2.45, 2.75) is 117 Å². The third-order valence-corrected chi connectivity index (χ3v) is 14.1. The van der Waals surface area contributed by atoms with Crippen LogP contribution >= 0.6 is 0 Å². The molecule has 10 rings (SSSR count). The topological polar surface area (TPSA) is 6.48 Å². The zero-order valence-electron chi connectivity index (χ0n) is 35.7. The lowest BCUT2D eigenvalue weighted by molar-refractivity contribution is 0.444. The van der Waals surface area contributed by atoms with Crippen LogP contribution in [0.15, 0.2) is 138 Å². The van der Waals surface area contributed by atoms with Crippen LogP contribution in [0.2, 0.25) is 0 Å². The van der Waals surface area contributed by atoms with E-state index in [-0.39, 0.29) is 28.9 Å². The van der Waals surface area contributed by atoms with Crippen molar-refractivity contribution in [3.8, 4) is 0 Å². The summed E-state index contributed by atoms with van der Waals surface area (Å²) in [5.41, 5.74) is 21.2. The summed E-state index contributed by atoms with van der Waals surface area (Å²) in [7, 11) is 0. The van der Waals surface area contributed by atoms with Gasteiger partial charge in [-0.25, -0.2) is 0 Å². The highest BCUT2D eigenvalue weighted by Crippen LogP contribution is 2.57. The number of allylic oxidation sites excluding steroid dienone is 9. The molecule has 2 aliphatic heterocycles. The molecule has 4 aromatic carbocycles. The Morgan fingerprint density at radius 1 is 0.579 bits per heavy atom. The molecule has 2 atom stereocenters. The summed E-state index contributed by atoms with van der Waals surface area (Å²) in [5.74, 6) is 1.17. The molecule has 288 valence electrons. The largest absolute Gasteiger partial charge is 0.315 e. The van der Waals surface area contributed by atoms with Crippen molar-refractivity contribution >= 4 is 46.1 Å². The van der Waals surface area contributed by atoms with Crippen LogP contribution in [0.5, 0.6) is 0 Å². The van der Waals surface area contributed by atoms with Crippen molar-refractivity contribution in [2.75, 3.05) is 9.80 Å². The maximum absolute atomic E-state index is 2.73. The Morgan fingerprint density at radius 2 is 1.16 bits per heavy atom. The van der Waals surface area contributed by atoms with Gasteiger partial charge in [-0.2, -0.15) is 0 Å². The molecule has 4 aromatic rings. The molecule has 57 heavy (non-hydrogen) atoms. The smallest absolute Gasteiger partial charge is 0.252 e. The second kappa shape index (κ2) is 12.9. The predicted octanol–water partition coefficient (Wildman–Crippen LogP) is 13.2. The molecule has 2 heterocycles. The molecule has 1 saturated carbocycles. The van der Waals surface area contributed by atoms with Gasteiger partial charge in [-0.05, 0) is 127 Å². The predicted molar refractivity (Wildman–Crippen MR) is 245 cm³/mol. The van der Waals surface area contributed by atoms with Gasteiger partial charge in [0.1, 0.15) is 0 Å². The zero-order valence-corrected chi connectivity index (χ0v) is 35.7. The monoisotopic (exact) mass is 746 g/mol. The minimum absolute atomic E-state index is 0.0165. The van der Waals surface area contributed by atoms with Crippen molar-refractivity contribution in [3.05, 3.63) is 160 Å². The molecular weight excluding hydrogens is 687 g/mol. The standard InChI is InChI=1S/C54H59BN2/c1-52(2,3)37-21-26-40(27-22-37)56-45-33-39(54(7,8)9)25-30-44(45)55-49-42-19-13-17-35-18-14-20-43(48(35)42)51(49)57(41-28-23-38(24-29-41)53(4,5)6)47-32-36(31-46(56)50(47)55)34-15-11-10-12-16-34/h13-14,17-34,43,48H,10-12,15-16H2,1-9H3. The normalized spacial score (nSPS) is 21.2. The Balaban J connectivity index is 1.31. The van der Waals surface area contributed by atoms with Gasteiger partial charge in [0.25, 0.3) is 6.71 Å². The number of fused-ring (bicyclic) bond motifs is 5. The summed E-state index contributed by atoms with van der Waals surface area (Å²) in [6, 6.07) is 31.9. The van der Waals surface area contributed by atoms with Gasteiger partial charge in [-0.3, -0.25) is 0 Å². The van der Waals surface area contributed by atoms with Crippen LogP contribution < -0.4 is 20.7 Å². The lowest BCUT2D eigenvalue weighted by atomic mass is 9.32. The molecule has 6 aliphatic rings. The van der Waals surface area contributed by atoms with Gasteiger partial charge >= 0.3 is 0 Å². The number of nitrogens with zero attached hydrogens (tertiary/aromatic N) is 2. The second-order valence-electron chi connectivity index (χ2n) is 20.9. The molecule has 3 heteroatoms. The molecule has 1 fully saturated rings. The molecular formula is C54H59BN2. The summed E-state index contributed by atoms with van der Waals surface area (Å²) >= 11 is 0. The summed E-state index contributed by atoms with van der Waals surface area (Å²) < 4.78 is 0. The maximum atomic E-state index is 2.73. The Hall–Kier alpha value is -4.76. The quantitative estimate of drug-likeness (QED) is 0.193. The Labute approximate surface area is 342 Å². The molecule has 0 N–H and O–H groups in total. The van der Waals surface area contributed by atoms with E-state index in [1.807, 2.05) is 0 Å². The highest BCUT2D eigenvalue weighted by molar-refractivity contribution is 6.96. The molecule has 2 nitrogen and oxygen atoms in total. The van der Waals surface area contributed by atoms with Crippen LogP contribution in [0.3, 0.4) is 0 Å². The van der Waals surface area contributed by atoms with E-state index in [4.69, 9.17) is 0 Å². The minimum atomic E-state index is 0.0165. The highest BCUT2D eigenvalue weighted by Gasteiger charge is 2.53. The van der Waals surface area contributed by atoms with Crippen molar-refractivity contribution in [1.29, 1.82) is 0 Å². The lowest BCUT2D eigenvalue weighted by Gasteiger charge is -2.46. The van der Waals surface area contributed by atoms with Gasteiger partial charge in [-0.1, -0.05) is 154 Å². The van der Waals surface area contributed by atoms with E-state index in [1.165, 1.54) is 116 Å². The number of hydrogen-bond donors (Lipinski definition) is 0. The van der Waals surface area contributed by atoms with Crippen molar-refractivity contribution < 1.29 is 0 Å². The van der Waals surface area contributed by atoms with Crippen LogP contribution in [-0.4, -0.2) is 6.71 Å². The number of rotatable bonds is 3. The molecule has 0 aromatic heterocycles. The third-order valence-electron chi connectivity index (χ3n) is 14.1. The fraction of sp³-hybridized carbons (Fsp3) is 0.370. The van der Waals surface area contributed by atoms with Crippen molar-refractivity contribution in [2.24, 2.45) is 11.8 Å². The molecule has 2 unspecified atom stereocenters. The van der Waals surface area contributed by atoms with Crippen LogP contribution in [0.25, 0.3) is 0 Å². The molecule has 4 aliphatic carbocycles. The maximum Gasteiger partial charge on any atom is 0.252 e. The SMILES string of the molecule is CC(C)(C)c1ccc(N2C3=C(B4c5ccc(C(C)(C)C)cc5N(c5ccc(C(C)(C)C)cc5)c5cc(C6CCCCC6)cc2c54)C2=CC=CC4=CC=CC3C42)cc1. The van der Waals surface area contributed by atoms with Crippen LogP contribution in [-0.2, 0) is 16.2 Å². The van der Waals surface area contributed by atoms with Crippen molar-refractivity contribution in [3.63, 3.8) is 0 Å². The van der Waals surface area contributed by atoms with Gasteiger partial charge in [0.2, 0.25) is 0 Å². The molecule has 0 bridgehead atoms. The van der Waals surface area contributed by atoms with E-state index >= 15 is 0 Å². The first-order valence-electron chi connectivity index (χ1n) is 21.8. The summed E-state index contributed by atoms with van der Waals surface area (Å²) in [4.78, 5) is 5.39. The van der Waals surface area contributed by atoms with Gasteiger partial charge in [0, 0.05) is 46.0 Å². The fourth-order valence-corrected chi connectivity index (χ4v) is 10.9. The highest BCUT2D eigenvalue weighted by atomic mass is 15.2. The second-order valence-corrected chi connectivity index (χ2v) is 20.9. The Bertz CT molecular complexity index is 2440. The lowest BCUT2D eigenvalue weighted by Crippen LogP contribution is -2.56. The van der Waals surface area contributed by atoms with Gasteiger partial charge in [0.05, 0.1) is 0 Å². The summed E-state index contributed by atoms with van der Waals surface area (Å²) in [6.45, 7) is 21.1. The van der Waals surface area contributed by atoms with Crippen molar-refractivity contribution in [1.82, 2.24) is 0 Å². The van der Waals surface area contributed by atoms with E-state index in [0.29, 0.717) is 11.8 Å². The van der Waals surface area contributed by atoms with Crippen LogP contribution in [0, 0.1) is 11.8 Å². The molecule has 0 spiro atoms. The average molecular weight is 747 g/mol. The molecule has 0 saturated heterocycles. The average Bonchev–Trinajstić information content (AvgIpc) is 3.52. The zero-order chi connectivity index (χ0) is 39.6. The Morgan fingerprint density at radius 3 is 1.77 bits per heavy atom. The van der Waals surface area contributed by atoms with Crippen LogP contribution in [0.1, 0.15) is 123 Å². The minimum Gasteiger partial charge on any atom is -0.315 e. The first kappa shape index (κ1) is 36.6. The van der Waals surface area contributed by atoms with E-state index in [1.54, 1.807) is 0 Å². The van der Waals surface area contributed by atoms with Gasteiger partial charge in [-0.15, -0.1) is 0 Å². The Kier molecular flexibility index (Phi) is 8.26. The number of hydrogen-bond acceptors (Lipinski definition) is 2. The van der Waals surface area contributed by atoms with E-state index < -0.39 is 0 Å². The van der Waals surface area contributed by atoms with E-state index in [2.05, 4.69) is 187 Å². The first-order chi connectivity index (χ1) is 27.2. The van der Waals surface area contributed by atoms with E-state index in [9.17, 15) is 0 Å². The molecule has 0 amide bonds. The van der Waals surface area contributed by atoms with Gasteiger partial charge in [0.15, 0.2) is 0 Å². The van der Waals surface area contributed by atoms with Gasteiger partial charge < -0.3 is 9.80 Å².